The Labute approximate surface area is 199 Å². The fourth-order valence-corrected chi connectivity index (χ4v) is 4.08. The van der Waals surface area contributed by atoms with Gasteiger partial charge in [0.25, 0.3) is 0 Å². The standard InChI is InChI=1S/C26H28N4O2S/c1-18-16-22(17-19-4-11-24(31-3)14-15-26(19)28-18)29-21-7-9-23(10-8-21)30(2)33-32-25-12-5-20(27)6-13-25/h4-16,19,28H,17,27H2,1-3H3. The molecule has 6 nitrogen and oxygen atoms in total. The first kappa shape index (κ1) is 22.6. The van der Waals surface area contributed by atoms with Gasteiger partial charge < -0.3 is 20.0 Å². The molecular weight excluding hydrogens is 432 g/mol. The zero-order valence-electron chi connectivity index (χ0n) is 19.0. The van der Waals surface area contributed by atoms with Crippen LogP contribution in [0.15, 0.2) is 101 Å². The third-order valence-electron chi connectivity index (χ3n) is 5.32. The van der Waals surface area contributed by atoms with E-state index < -0.39 is 0 Å². The topological polar surface area (TPSA) is 72.1 Å². The van der Waals surface area contributed by atoms with Crippen molar-refractivity contribution in [2.75, 3.05) is 24.2 Å². The van der Waals surface area contributed by atoms with Gasteiger partial charge in [0.05, 0.1) is 12.8 Å². The number of rotatable bonds is 6. The predicted molar refractivity (Wildman–Crippen MR) is 138 cm³/mol. The highest BCUT2D eigenvalue weighted by Crippen LogP contribution is 2.29. The number of aliphatic imine (C=N–C) groups is 1. The maximum absolute atomic E-state index is 5.75. The van der Waals surface area contributed by atoms with Crippen molar-refractivity contribution in [2.24, 2.45) is 10.9 Å². The van der Waals surface area contributed by atoms with Gasteiger partial charge in [0, 0.05) is 47.9 Å². The van der Waals surface area contributed by atoms with Crippen LogP contribution in [0.25, 0.3) is 0 Å². The van der Waals surface area contributed by atoms with E-state index in [4.69, 9.17) is 19.6 Å². The molecule has 0 aromatic heterocycles. The van der Waals surface area contributed by atoms with Crippen LogP contribution in [0.3, 0.4) is 0 Å². The molecule has 3 N–H and O–H groups in total. The lowest BCUT2D eigenvalue weighted by Crippen LogP contribution is -2.15. The highest BCUT2D eigenvalue weighted by atomic mass is 32.2. The van der Waals surface area contributed by atoms with Crippen molar-refractivity contribution in [2.45, 2.75) is 13.3 Å². The van der Waals surface area contributed by atoms with Gasteiger partial charge in [-0.1, -0.05) is 6.08 Å². The maximum Gasteiger partial charge on any atom is 0.179 e. The van der Waals surface area contributed by atoms with E-state index in [1.165, 1.54) is 12.2 Å². The van der Waals surface area contributed by atoms with Crippen molar-refractivity contribution in [3.63, 3.8) is 0 Å². The van der Waals surface area contributed by atoms with Crippen molar-refractivity contribution >= 4 is 35.0 Å². The Kier molecular flexibility index (Phi) is 7.10. The molecule has 1 unspecified atom stereocenters. The third kappa shape index (κ3) is 6.02. The summed E-state index contributed by atoms with van der Waals surface area (Å²) >= 11 is 1.26. The third-order valence-corrected chi connectivity index (χ3v) is 6.02. The van der Waals surface area contributed by atoms with Crippen LogP contribution in [0.4, 0.5) is 17.1 Å². The number of nitrogens with one attached hydrogen (secondary N) is 1. The molecule has 0 bridgehead atoms. The number of methoxy groups -OCH3 is 1. The lowest BCUT2D eigenvalue weighted by atomic mass is 9.98. The monoisotopic (exact) mass is 460 g/mol. The first-order valence-corrected chi connectivity index (χ1v) is 11.4. The molecule has 170 valence electrons. The van der Waals surface area contributed by atoms with Gasteiger partial charge in [-0.3, -0.25) is 9.30 Å². The summed E-state index contributed by atoms with van der Waals surface area (Å²) in [4.78, 5) is 4.91. The average molecular weight is 461 g/mol. The Hall–Kier alpha value is -3.58. The number of anilines is 2. The number of ether oxygens (including phenoxy) is 1. The van der Waals surface area contributed by atoms with Gasteiger partial charge in [0.15, 0.2) is 12.2 Å². The molecule has 0 saturated carbocycles. The Bertz CT molecular complexity index is 1130. The Balaban J connectivity index is 1.43. The molecule has 2 aliphatic rings. The molecule has 0 radical (unpaired) electrons. The van der Waals surface area contributed by atoms with Crippen molar-refractivity contribution in [3.8, 4) is 5.75 Å². The van der Waals surface area contributed by atoms with Gasteiger partial charge in [0.2, 0.25) is 0 Å². The Morgan fingerprint density at radius 2 is 1.85 bits per heavy atom. The average Bonchev–Trinajstić information content (AvgIpc) is 3.09. The molecule has 2 aromatic rings. The lowest BCUT2D eigenvalue weighted by molar-refractivity contribution is 0.307. The van der Waals surface area contributed by atoms with Gasteiger partial charge >= 0.3 is 0 Å². The van der Waals surface area contributed by atoms with Crippen LogP contribution in [-0.2, 0) is 4.74 Å². The van der Waals surface area contributed by atoms with Crippen molar-refractivity contribution in [3.05, 3.63) is 96.1 Å². The summed E-state index contributed by atoms with van der Waals surface area (Å²) in [6.45, 7) is 2.06. The zero-order chi connectivity index (χ0) is 23.2. The predicted octanol–water partition coefficient (Wildman–Crippen LogP) is 5.92. The maximum atomic E-state index is 5.75. The minimum Gasteiger partial charge on any atom is -0.497 e. The van der Waals surface area contributed by atoms with Crippen LogP contribution >= 0.6 is 12.2 Å². The number of fused-ring (bicyclic) bond motifs is 1. The first-order valence-electron chi connectivity index (χ1n) is 10.7. The van der Waals surface area contributed by atoms with E-state index in [2.05, 4.69) is 30.5 Å². The first-order chi connectivity index (χ1) is 16.0. The summed E-state index contributed by atoms with van der Waals surface area (Å²) in [6, 6.07) is 15.5. The minimum atomic E-state index is 0.216. The molecular formula is C26H28N4O2S. The van der Waals surface area contributed by atoms with Crippen LogP contribution in [0.1, 0.15) is 13.3 Å². The summed E-state index contributed by atoms with van der Waals surface area (Å²) in [5.41, 5.74) is 11.6. The molecule has 33 heavy (non-hydrogen) atoms. The summed E-state index contributed by atoms with van der Waals surface area (Å²) < 4.78 is 13.1. The van der Waals surface area contributed by atoms with E-state index in [1.807, 2.05) is 72.0 Å². The van der Waals surface area contributed by atoms with E-state index in [0.29, 0.717) is 5.69 Å². The molecule has 4 rings (SSSR count). The molecule has 1 atom stereocenters. The number of nitrogen functional groups attached to an aromatic ring is 1. The number of benzene rings is 2. The second kappa shape index (κ2) is 10.4. The molecule has 1 heterocycles. The fraction of sp³-hybridized carbons (Fsp3) is 0.192. The number of hydrogen-bond donors (Lipinski definition) is 2. The highest BCUT2D eigenvalue weighted by molar-refractivity contribution is 7.96. The number of hydrogen-bond acceptors (Lipinski definition) is 7. The number of allylic oxidation sites excluding steroid dienone is 6. The molecule has 0 amide bonds. The molecule has 7 heteroatoms. The van der Waals surface area contributed by atoms with E-state index in [-0.39, 0.29) is 5.92 Å². The smallest absolute Gasteiger partial charge is 0.179 e. The van der Waals surface area contributed by atoms with Crippen LogP contribution in [0, 0.1) is 5.92 Å². The van der Waals surface area contributed by atoms with Crippen molar-refractivity contribution in [1.29, 1.82) is 0 Å². The zero-order valence-corrected chi connectivity index (χ0v) is 19.8. The number of nitrogens with two attached hydrogens (primary N) is 1. The summed E-state index contributed by atoms with van der Waals surface area (Å²) in [5.74, 6) is 1.81. The normalized spacial score (nSPS) is 18.7. The molecule has 0 fully saturated rings. The Morgan fingerprint density at radius 1 is 1.09 bits per heavy atom. The Morgan fingerprint density at radius 3 is 2.58 bits per heavy atom. The van der Waals surface area contributed by atoms with E-state index >= 15 is 0 Å². The largest absolute Gasteiger partial charge is 0.497 e. The summed E-state index contributed by atoms with van der Waals surface area (Å²) in [7, 11) is 3.64. The minimum absolute atomic E-state index is 0.216. The van der Waals surface area contributed by atoms with E-state index in [9.17, 15) is 0 Å². The molecule has 1 aliphatic heterocycles. The van der Waals surface area contributed by atoms with Gasteiger partial charge in [-0.05, 0) is 79.8 Å². The molecule has 0 saturated heterocycles. The van der Waals surface area contributed by atoms with Crippen LogP contribution in [0.2, 0.25) is 0 Å². The second-order valence-electron chi connectivity index (χ2n) is 7.86. The van der Waals surface area contributed by atoms with Gasteiger partial charge in [0.1, 0.15) is 11.5 Å². The number of nitrogens with zero attached hydrogens (tertiary/aromatic N) is 2. The lowest BCUT2D eigenvalue weighted by Gasteiger charge is -2.17. The second-order valence-corrected chi connectivity index (χ2v) is 8.72. The van der Waals surface area contributed by atoms with Crippen LogP contribution in [0.5, 0.6) is 5.75 Å². The summed E-state index contributed by atoms with van der Waals surface area (Å²) in [6.07, 6.45) is 11.2. The van der Waals surface area contributed by atoms with Gasteiger partial charge in [-0.25, -0.2) is 0 Å². The quantitative estimate of drug-likeness (QED) is 0.317. The van der Waals surface area contributed by atoms with Crippen molar-refractivity contribution < 1.29 is 8.92 Å². The molecule has 1 aliphatic carbocycles. The summed E-state index contributed by atoms with van der Waals surface area (Å²) in [5, 5.41) is 3.50. The molecule has 2 aromatic carbocycles. The van der Waals surface area contributed by atoms with Gasteiger partial charge in [-0.15, -0.1) is 0 Å². The van der Waals surface area contributed by atoms with Crippen molar-refractivity contribution in [1.82, 2.24) is 5.32 Å². The van der Waals surface area contributed by atoms with Gasteiger partial charge in [-0.2, -0.15) is 0 Å². The van der Waals surface area contributed by atoms with E-state index in [0.717, 1.165) is 46.4 Å². The fourth-order valence-electron chi connectivity index (χ4n) is 3.56. The van der Waals surface area contributed by atoms with Crippen LogP contribution in [-0.4, -0.2) is 19.9 Å². The van der Waals surface area contributed by atoms with Crippen LogP contribution < -0.4 is 19.5 Å². The SMILES string of the molecule is COC1=CC=C2NC(C)=CC(=Nc3ccc(N(C)SOc4ccc(N)cc4)cc3)CC2C=C1. The highest BCUT2D eigenvalue weighted by Gasteiger charge is 2.19. The van der Waals surface area contributed by atoms with E-state index in [1.54, 1.807) is 7.11 Å². The molecule has 0 spiro atoms.